The quantitative estimate of drug-likeness (QED) is 0.534. The molecule has 5 rings (SSSR count). The van der Waals surface area contributed by atoms with Crippen molar-refractivity contribution >= 4 is 16.8 Å². The van der Waals surface area contributed by atoms with Crippen LogP contribution in [-0.2, 0) is 11.2 Å². The third-order valence-electron chi connectivity index (χ3n) is 6.89. The molecule has 34 heavy (non-hydrogen) atoms. The molecule has 0 spiro atoms. The molecule has 3 heterocycles. The van der Waals surface area contributed by atoms with Crippen molar-refractivity contribution in [3.05, 3.63) is 71.9 Å². The fraction of sp³-hybridized carbons (Fsp3) is 0.429. The number of ether oxygens (including phenoxy) is 2. The first kappa shape index (κ1) is 22.8. The van der Waals surface area contributed by atoms with Crippen LogP contribution in [0.25, 0.3) is 10.9 Å². The average Bonchev–Trinajstić information content (AvgIpc) is 2.89. The first-order valence-corrected chi connectivity index (χ1v) is 12.4. The van der Waals surface area contributed by atoms with Crippen LogP contribution in [0.15, 0.2) is 60.8 Å². The molecule has 0 aliphatic carbocycles. The van der Waals surface area contributed by atoms with E-state index in [1.54, 1.807) is 0 Å². The van der Waals surface area contributed by atoms with E-state index in [1.165, 1.54) is 10.9 Å². The summed E-state index contributed by atoms with van der Waals surface area (Å²) in [7, 11) is 0. The van der Waals surface area contributed by atoms with Gasteiger partial charge in [-0.25, -0.2) is 0 Å². The van der Waals surface area contributed by atoms with E-state index in [2.05, 4.69) is 34.1 Å². The van der Waals surface area contributed by atoms with Crippen molar-refractivity contribution in [2.24, 2.45) is 5.92 Å². The summed E-state index contributed by atoms with van der Waals surface area (Å²) in [4.78, 5) is 22.3. The average molecular weight is 460 g/mol. The fourth-order valence-electron chi connectivity index (χ4n) is 5.08. The van der Waals surface area contributed by atoms with E-state index in [4.69, 9.17) is 9.47 Å². The number of amides is 1. The van der Waals surface area contributed by atoms with Gasteiger partial charge in [-0.05, 0) is 55.0 Å². The van der Waals surface area contributed by atoms with E-state index >= 15 is 0 Å². The predicted molar refractivity (Wildman–Crippen MR) is 133 cm³/mol. The van der Waals surface area contributed by atoms with Gasteiger partial charge in [0.05, 0.1) is 18.7 Å². The highest BCUT2D eigenvalue weighted by molar-refractivity contribution is 5.94. The molecule has 0 unspecified atom stereocenters. The molecule has 0 saturated carbocycles. The van der Waals surface area contributed by atoms with Gasteiger partial charge in [-0.2, -0.15) is 0 Å². The maximum absolute atomic E-state index is 13.3. The number of rotatable bonds is 7. The number of piperidine rings is 1. The number of fused-ring (bicyclic) bond motifs is 1. The van der Waals surface area contributed by atoms with Crippen LogP contribution in [0, 0.1) is 5.92 Å². The first-order chi connectivity index (χ1) is 16.8. The van der Waals surface area contributed by atoms with Gasteiger partial charge in [0.25, 0.3) is 5.91 Å². The zero-order valence-electron chi connectivity index (χ0n) is 19.7. The summed E-state index contributed by atoms with van der Waals surface area (Å²) in [6.45, 7) is 6.56. The molecule has 0 radical (unpaired) electrons. The lowest BCUT2D eigenvalue weighted by molar-refractivity contribution is 0.0322. The SMILES string of the molecule is O=C(c1cccc(OCCN2CCOCC2)c1)N1CCC[C@@H](Cc2cccc3cccnc23)C1. The molecule has 2 saturated heterocycles. The van der Waals surface area contributed by atoms with E-state index < -0.39 is 0 Å². The highest BCUT2D eigenvalue weighted by Gasteiger charge is 2.25. The van der Waals surface area contributed by atoms with Gasteiger partial charge in [0.2, 0.25) is 0 Å². The van der Waals surface area contributed by atoms with Gasteiger partial charge in [-0.3, -0.25) is 14.7 Å². The molecule has 2 aliphatic heterocycles. The normalized spacial score (nSPS) is 19.3. The van der Waals surface area contributed by atoms with Gasteiger partial charge in [-0.15, -0.1) is 0 Å². The summed E-state index contributed by atoms with van der Waals surface area (Å²) in [6.07, 6.45) is 4.98. The molecule has 0 bridgehead atoms. The number of benzene rings is 2. The standard InChI is InChI=1S/C28H33N3O3/c32-28(25-8-2-10-26(20-25)34-18-15-30-13-16-33-17-14-30)31-12-4-5-22(21-31)19-24-7-1-6-23-9-3-11-29-27(23)24/h1-3,6-11,20,22H,4-5,12-19,21H2/t22-/m0/s1. The van der Waals surface area contributed by atoms with Crippen molar-refractivity contribution in [3.8, 4) is 5.75 Å². The minimum Gasteiger partial charge on any atom is -0.492 e. The number of nitrogens with zero attached hydrogens (tertiary/aromatic N) is 3. The van der Waals surface area contributed by atoms with Gasteiger partial charge >= 0.3 is 0 Å². The Kier molecular flexibility index (Phi) is 7.37. The molecule has 178 valence electrons. The number of hydrogen-bond donors (Lipinski definition) is 0. The Morgan fingerprint density at radius 3 is 2.82 bits per heavy atom. The molecule has 0 N–H and O–H groups in total. The van der Waals surface area contributed by atoms with Crippen molar-refractivity contribution < 1.29 is 14.3 Å². The highest BCUT2D eigenvalue weighted by Crippen LogP contribution is 2.26. The van der Waals surface area contributed by atoms with E-state index in [1.807, 2.05) is 41.4 Å². The van der Waals surface area contributed by atoms with Gasteiger partial charge in [0, 0.05) is 49.9 Å². The Morgan fingerprint density at radius 1 is 1.06 bits per heavy atom. The molecular formula is C28H33N3O3. The molecule has 6 nitrogen and oxygen atoms in total. The van der Waals surface area contributed by atoms with E-state index in [0.717, 1.165) is 76.5 Å². The van der Waals surface area contributed by atoms with Crippen molar-refractivity contribution in [2.75, 3.05) is 52.5 Å². The fourth-order valence-corrected chi connectivity index (χ4v) is 5.08. The summed E-state index contributed by atoms with van der Waals surface area (Å²) in [5, 5.41) is 1.18. The van der Waals surface area contributed by atoms with Gasteiger partial charge in [0.15, 0.2) is 0 Å². The second-order valence-corrected chi connectivity index (χ2v) is 9.29. The zero-order chi connectivity index (χ0) is 23.2. The summed E-state index contributed by atoms with van der Waals surface area (Å²) in [5.41, 5.74) is 3.06. The lowest BCUT2D eigenvalue weighted by Gasteiger charge is -2.33. The van der Waals surface area contributed by atoms with Crippen LogP contribution in [0.4, 0.5) is 0 Å². The third-order valence-corrected chi connectivity index (χ3v) is 6.89. The van der Waals surface area contributed by atoms with Crippen molar-refractivity contribution in [1.82, 2.24) is 14.8 Å². The minimum atomic E-state index is 0.0966. The smallest absolute Gasteiger partial charge is 0.253 e. The Labute approximate surface area is 201 Å². The monoisotopic (exact) mass is 459 g/mol. The van der Waals surface area contributed by atoms with Crippen LogP contribution in [-0.4, -0.2) is 73.2 Å². The Morgan fingerprint density at radius 2 is 1.91 bits per heavy atom. The van der Waals surface area contributed by atoms with Crippen LogP contribution < -0.4 is 4.74 Å². The van der Waals surface area contributed by atoms with Crippen LogP contribution in [0.2, 0.25) is 0 Å². The largest absolute Gasteiger partial charge is 0.492 e. The molecule has 6 heteroatoms. The minimum absolute atomic E-state index is 0.0966. The number of hydrogen-bond acceptors (Lipinski definition) is 5. The number of pyridine rings is 1. The third kappa shape index (κ3) is 5.57. The summed E-state index contributed by atoms with van der Waals surface area (Å²) in [5.74, 6) is 1.30. The molecular weight excluding hydrogens is 426 g/mol. The van der Waals surface area contributed by atoms with E-state index in [0.29, 0.717) is 18.1 Å². The zero-order valence-corrected chi connectivity index (χ0v) is 19.7. The summed E-state index contributed by atoms with van der Waals surface area (Å²) in [6, 6.07) is 18.1. The predicted octanol–water partition coefficient (Wildman–Crippen LogP) is 4.04. The second-order valence-electron chi connectivity index (χ2n) is 9.29. The van der Waals surface area contributed by atoms with Crippen LogP contribution in [0.5, 0.6) is 5.75 Å². The molecule has 2 aromatic carbocycles. The molecule has 1 amide bonds. The Hall–Kier alpha value is -2.96. The highest BCUT2D eigenvalue weighted by atomic mass is 16.5. The van der Waals surface area contributed by atoms with E-state index in [-0.39, 0.29) is 5.91 Å². The molecule has 2 aliphatic rings. The summed E-state index contributed by atoms with van der Waals surface area (Å²) >= 11 is 0. The van der Waals surface area contributed by atoms with Gasteiger partial charge in [-0.1, -0.05) is 30.3 Å². The van der Waals surface area contributed by atoms with Crippen molar-refractivity contribution in [2.45, 2.75) is 19.3 Å². The Bertz CT molecular complexity index is 1110. The van der Waals surface area contributed by atoms with Crippen LogP contribution >= 0.6 is 0 Å². The molecule has 1 atom stereocenters. The first-order valence-electron chi connectivity index (χ1n) is 12.4. The van der Waals surface area contributed by atoms with Gasteiger partial charge in [0.1, 0.15) is 12.4 Å². The second kappa shape index (κ2) is 11.0. The van der Waals surface area contributed by atoms with Crippen molar-refractivity contribution in [1.29, 1.82) is 0 Å². The molecule has 3 aromatic rings. The molecule has 2 fully saturated rings. The number of para-hydroxylation sites is 1. The van der Waals surface area contributed by atoms with E-state index in [9.17, 15) is 4.79 Å². The van der Waals surface area contributed by atoms with Crippen LogP contribution in [0.3, 0.4) is 0 Å². The van der Waals surface area contributed by atoms with Gasteiger partial charge < -0.3 is 14.4 Å². The number of likely N-dealkylation sites (tertiary alicyclic amines) is 1. The maximum Gasteiger partial charge on any atom is 0.253 e. The number of morpholine rings is 1. The Balaban J connectivity index is 1.19. The maximum atomic E-state index is 13.3. The lowest BCUT2D eigenvalue weighted by atomic mass is 9.90. The van der Waals surface area contributed by atoms with Crippen LogP contribution in [0.1, 0.15) is 28.8 Å². The number of carbonyl (C=O) groups excluding carboxylic acids is 1. The molecule has 1 aromatic heterocycles. The number of aromatic nitrogens is 1. The summed E-state index contributed by atoms with van der Waals surface area (Å²) < 4.78 is 11.4. The topological polar surface area (TPSA) is 54.9 Å². The lowest BCUT2D eigenvalue weighted by Crippen LogP contribution is -2.40. The van der Waals surface area contributed by atoms with Crippen molar-refractivity contribution in [3.63, 3.8) is 0 Å². The number of carbonyl (C=O) groups is 1.